The average Bonchev–Trinajstić information content (AvgIpc) is 3.37. The summed E-state index contributed by atoms with van der Waals surface area (Å²) in [4.78, 5) is 25.4. The van der Waals surface area contributed by atoms with Crippen molar-refractivity contribution in [3.8, 4) is 5.82 Å². The Labute approximate surface area is 165 Å². The van der Waals surface area contributed by atoms with E-state index in [2.05, 4.69) is 30.7 Å². The Morgan fingerprint density at radius 1 is 1.28 bits per heavy atom. The number of alkyl halides is 2. The minimum atomic E-state index is -2.72. The molecule has 4 rings (SSSR count). The minimum absolute atomic E-state index is 0.0207. The predicted octanol–water partition coefficient (Wildman–Crippen LogP) is 1.60. The highest BCUT2D eigenvalue weighted by Gasteiger charge is 2.27. The second-order valence-corrected chi connectivity index (χ2v) is 7.42. The molecule has 1 aliphatic rings. The van der Waals surface area contributed by atoms with E-state index >= 15 is 0 Å². The number of nitrogens with one attached hydrogen (secondary N) is 2. The summed E-state index contributed by atoms with van der Waals surface area (Å²) >= 11 is 0. The lowest BCUT2D eigenvalue weighted by Gasteiger charge is -2.30. The fraction of sp³-hybridized carbons (Fsp3) is 0.500. The molecule has 1 saturated carbocycles. The molecule has 0 saturated heterocycles. The first-order valence-electron chi connectivity index (χ1n) is 9.50. The number of hydrogen-bond acceptors (Lipinski definition) is 6. The van der Waals surface area contributed by atoms with Crippen LogP contribution in [0.15, 0.2) is 31.2 Å². The van der Waals surface area contributed by atoms with Crippen molar-refractivity contribution in [2.45, 2.75) is 50.6 Å². The number of nitrogens with zero attached hydrogens (tertiary/aromatic N) is 6. The Morgan fingerprint density at radius 3 is 2.72 bits per heavy atom. The summed E-state index contributed by atoms with van der Waals surface area (Å²) in [6, 6.07) is 0.0269. The van der Waals surface area contributed by atoms with Gasteiger partial charge in [0.15, 0.2) is 11.5 Å². The summed E-state index contributed by atoms with van der Waals surface area (Å²) in [5, 5.41) is 10.0. The number of hydrogen-bond donors (Lipinski definition) is 2. The number of imidazole rings is 1. The topological polar surface area (TPSA) is 102 Å². The third-order valence-electron chi connectivity index (χ3n) is 4.99. The van der Waals surface area contributed by atoms with Crippen LogP contribution in [0.3, 0.4) is 0 Å². The third kappa shape index (κ3) is 4.56. The highest BCUT2D eigenvalue weighted by atomic mass is 19.3. The normalized spacial score (nSPS) is 20.1. The summed E-state index contributed by atoms with van der Waals surface area (Å²) in [6.45, 7) is 0.580. The van der Waals surface area contributed by atoms with Gasteiger partial charge in [0, 0.05) is 31.4 Å². The fourth-order valence-corrected chi connectivity index (χ4v) is 3.51. The van der Waals surface area contributed by atoms with Crippen LogP contribution in [0.4, 0.5) is 8.78 Å². The molecule has 1 amide bonds. The molecule has 154 valence electrons. The van der Waals surface area contributed by atoms with E-state index in [9.17, 15) is 13.6 Å². The molecule has 0 aliphatic heterocycles. The Hall–Kier alpha value is -2.95. The van der Waals surface area contributed by atoms with Crippen molar-refractivity contribution >= 4 is 11.6 Å². The molecule has 9 nitrogen and oxygen atoms in total. The van der Waals surface area contributed by atoms with Crippen LogP contribution >= 0.6 is 0 Å². The molecule has 0 radical (unpaired) electrons. The highest BCUT2D eigenvalue weighted by molar-refractivity contribution is 5.92. The number of carbonyl (C=O) groups excluding carboxylic acids is 1. The first-order chi connectivity index (χ1) is 13.9. The second kappa shape index (κ2) is 7.82. The first-order valence-corrected chi connectivity index (χ1v) is 9.50. The Kier molecular flexibility index (Phi) is 5.22. The Morgan fingerprint density at radius 2 is 2.03 bits per heavy atom. The monoisotopic (exact) mass is 404 g/mol. The van der Waals surface area contributed by atoms with Crippen LogP contribution in [0.25, 0.3) is 11.5 Å². The smallest absolute Gasteiger partial charge is 0.271 e. The van der Waals surface area contributed by atoms with E-state index in [4.69, 9.17) is 0 Å². The van der Waals surface area contributed by atoms with Gasteiger partial charge in [-0.3, -0.25) is 9.36 Å². The minimum Gasteiger partial charge on any atom is -0.348 e. The quantitative estimate of drug-likeness (QED) is 0.647. The van der Waals surface area contributed by atoms with Gasteiger partial charge in [-0.2, -0.15) is 5.10 Å². The van der Waals surface area contributed by atoms with E-state index in [1.165, 1.54) is 17.0 Å². The summed E-state index contributed by atoms with van der Waals surface area (Å²) in [5.41, 5.74) is 0.733. The Balaban J connectivity index is 1.41. The van der Waals surface area contributed by atoms with Gasteiger partial charge in [0.2, 0.25) is 0 Å². The van der Waals surface area contributed by atoms with Crippen molar-refractivity contribution < 1.29 is 13.6 Å². The maximum atomic E-state index is 13.0. The molecule has 1 fully saturated rings. The molecule has 1 aliphatic carbocycles. The summed E-state index contributed by atoms with van der Waals surface area (Å²) in [6.07, 6.45) is 10.7. The predicted molar refractivity (Wildman–Crippen MR) is 100 cm³/mol. The largest absolute Gasteiger partial charge is 0.348 e. The molecule has 0 aromatic carbocycles. The van der Waals surface area contributed by atoms with E-state index in [1.807, 2.05) is 0 Å². The van der Waals surface area contributed by atoms with Crippen LogP contribution in [0.5, 0.6) is 0 Å². The van der Waals surface area contributed by atoms with Gasteiger partial charge in [0.05, 0.1) is 12.7 Å². The number of aromatic nitrogens is 6. The van der Waals surface area contributed by atoms with Crippen molar-refractivity contribution in [2.75, 3.05) is 6.54 Å². The van der Waals surface area contributed by atoms with Crippen LogP contribution in [0.2, 0.25) is 0 Å². The van der Waals surface area contributed by atoms with Crippen molar-refractivity contribution in [1.29, 1.82) is 0 Å². The van der Waals surface area contributed by atoms with Crippen molar-refractivity contribution in [3.05, 3.63) is 36.9 Å². The van der Waals surface area contributed by atoms with Crippen LogP contribution in [-0.4, -0.2) is 59.6 Å². The number of amides is 1. The molecule has 3 heterocycles. The van der Waals surface area contributed by atoms with E-state index in [-0.39, 0.29) is 30.2 Å². The number of carbonyl (C=O) groups is 1. The molecule has 2 N–H and O–H groups in total. The molecular weight excluding hydrogens is 382 g/mol. The summed E-state index contributed by atoms with van der Waals surface area (Å²) in [5.74, 6) is -2.56. The zero-order valence-corrected chi connectivity index (χ0v) is 15.9. The van der Waals surface area contributed by atoms with E-state index in [0.717, 1.165) is 32.6 Å². The molecule has 11 heteroatoms. The molecule has 0 bridgehead atoms. The zero-order valence-electron chi connectivity index (χ0n) is 15.9. The van der Waals surface area contributed by atoms with Gasteiger partial charge >= 0.3 is 0 Å². The lowest BCUT2D eigenvalue weighted by atomic mass is 9.91. The molecule has 0 atom stereocenters. The maximum absolute atomic E-state index is 13.0. The molecule has 0 unspecified atom stereocenters. The van der Waals surface area contributed by atoms with E-state index in [0.29, 0.717) is 11.5 Å². The first kappa shape index (κ1) is 19.4. The van der Waals surface area contributed by atoms with Gasteiger partial charge < -0.3 is 10.6 Å². The van der Waals surface area contributed by atoms with Gasteiger partial charge in [-0.15, -0.1) is 0 Å². The lowest BCUT2D eigenvalue weighted by molar-refractivity contribution is 0.0184. The highest BCUT2D eigenvalue weighted by Crippen LogP contribution is 2.20. The lowest BCUT2D eigenvalue weighted by Crippen LogP contribution is -2.44. The summed E-state index contributed by atoms with van der Waals surface area (Å²) in [7, 11) is 0. The van der Waals surface area contributed by atoms with Crippen molar-refractivity contribution in [3.63, 3.8) is 0 Å². The van der Waals surface area contributed by atoms with Crippen LogP contribution < -0.4 is 10.6 Å². The molecule has 3 aromatic rings. The zero-order chi connectivity index (χ0) is 20.4. The maximum Gasteiger partial charge on any atom is 0.271 e. The van der Waals surface area contributed by atoms with Gasteiger partial charge in [0.25, 0.3) is 11.8 Å². The SMILES string of the molecule is CC(F)(F)CNC1CCC(NC(=O)c2cn3ncnc3c(-n3ccnc3)n2)CC1. The summed E-state index contributed by atoms with van der Waals surface area (Å²) < 4.78 is 29.2. The van der Waals surface area contributed by atoms with Gasteiger partial charge in [-0.25, -0.2) is 28.2 Å². The van der Waals surface area contributed by atoms with Gasteiger partial charge in [-0.05, 0) is 25.7 Å². The average molecular weight is 404 g/mol. The Bertz CT molecular complexity index is 974. The number of fused-ring (bicyclic) bond motifs is 1. The van der Waals surface area contributed by atoms with E-state index in [1.54, 1.807) is 23.3 Å². The molecular formula is C18H22F2N8O. The number of rotatable bonds is 6. The van der Waals surface area contributed by atoms with Crippen LogP contribution in [0.1, 0.15) is 43.1 Å². The van der Waals surface area contributed by atoms with Crippen LogP contribution in [-0.2, 0) is 0 Å². The standard InChI is InChI=1S/C18H22F2N8O/c1-18(19,20)9-22-12-2-4-13(5-3-12)25-17(29)14-8-28-15(23-10-24-28)16(26-14)27-7-6-21-11-27/h6-8,10-13,22H,2-5,9H2,1H3,(H,25,29). The third-order valence-corrected chi connectivity index (χ3v) is 4.99. The van der Waals surface area contributed by atoms with Gasteiger partial charge in [-0.1, -0.05) is 0 Å². The second-order valence-electron chi connectivity index (χ2n) is 7.42. The molecule has 0 spiro atoms. The molecule has 29 heavy (non-hydrogen) atoms. The molecule has 3 aromatic heterocycles. The van der Waals surface area contributed by atoms with E-state index < -0.39 is 5.92 Å². The van der Waals surface area contributed by atoms with Crippen molar-refractivity contribution in [2.24, 2.45) is 0 Å². The van der Waals surface area contributed by atoms with Crippen molar-refractivity contribution in [1.82, 2.24) is 39.8 Å². The van der Waals surface area contributed by atoms with Crippen LogP contribution in [0, 0.1) is 0 Å². The fourth-order valence-electron chi connectivity index (χ4n) is 3.51. The van der Waals surface area contributed by atoms with Gasteiger partial charge in [0.1, 0.15) is 18.3 Å². The number of halogens is 2.